The molecule has 2 atom stereocenters. The van der Waals surface area contributed by atoms with E-state index in [-0.39, 0.29) is 25.4 Å². The Bertz CT molecular complexity index is 693. The van der Waals surface area contributed by atoms with Crippen molar-refractivity contribution in [3.8, 4) is 0 Å². The topological polar surface area (TPSA) is 109 Å². The number of carbonyl (C=O) groups is 4. The Hall–Kier alpha value is -1.21. The van der Waals surface area contributed by atoms with E-state index in [2.05, 4.69) is 4.90 Å². The van der Waals surface area contributed by atoms with Gasteiger partial charge in [0.1, 0.15) is 0 Å². The quantitative estimate of drug-likeness (QED) is 0.395. The second-order valence-electron chi connectivity index (χ2n) is 9.54. The average molecular weight is 556 g/mol. The summed E-state index contributed by atoms with van der Waals surface area (Å²) in [6.45, 7) is 10.8. The van der Waals surface area contributed by atoms with Crippen molar-refractivity contribution in [2.75, 3.05) is 78.5 Å². The summed E-state index contributed by atoms with van der Waals surface area (Å²) >= 11 is -4.09. The number of fused-ring (bicyclic) bond motifs is 7. The van der Waals surface area contributed by atoms with E-state index in [1.54, 1.807) is 0 Å². The minimum atomic E-state index is -4.09. The summed E-state index contributed by atoms with van der Waals surface area (Å²) in [5.41, 5.74) is -0.443. The van der Waals surface area contributed by atoms with Gasteiger partial charge in [0.15, 0.2) is 0 Å². The Balaban J connectivity index is 1.86. The molecule has 3 rings (SSSR count). The molecule has 0 aromatic carbocycles. The van der Waals surface area contributed by atoms with Crippen molar-refractivity contribution in [2.45, 2.75) is 20.8 Å². The van der Waals surface area contributed by atoms with Gasteiger partial charge in [-0.05, 0) is 0 Å². The van der Waals surface area contributed by atoms with Crippen molar-refractivity contribution < 1.29 is 27.7 Å². The number of hydrogen-bond donors (Lipinski definition) is 0. The first-order valence-electron chi connectivity index (χ1n) is 11.1. The predicted molar refractivity (Wildman–Crippen MR) is 114 cm³/mol. The van der Waals surface area contributed by atoms with E-state index in [1.807, 2.05) is 35.5 Å². The summed E-state index contributed by atoms with van der Waals surface area (Å²) in [7, 11) is 0. The molecule has 2 unspecified atom stereocenters. The van der Waals surface area contributed by atoms with Gasteiger partial charge in [-0.2, -0.15) is 0 Å². The number of hydrogen-bond acceptors (Lipinski definition) is 11. The fraction of sp³-hybridized carbons (Fsp3) is 0.800. The van der Waals surface area contributed by atoms with Crippen LogP contribution in [0.5, 0.6) is 0 Å². The fourth-order valence-corrected chi connectivity index (χ4v) is 6.59. The molecule has 0 aliphatic carbocycles. The van der Waals surface area contributed by atoms with Crippen molar-refractivity contribution >= 4 is 46.4 Å². The van der Waals surface area contributed by atoms with Crippen molar-refractivity contribution in [2.24, 2.45) is 5.41 Å². The van der Waals surface area contributed by atoms with Crippen LogP contribution in [0.4, 0.5) is 0 Å². The number of carbonyl (C=O) groups excluding carboxylic acids is 4. The third-order valence-corrected chi connectivity index (χ3v) is 9.77. The van der Waals surface area contributed by atoms with Gasteiger partial charge in [0.2, 0.25) is 0 Å². The first kappa shape index (κ1) is 25.4. The van der Waals surface area contributed by atoms with Crippen LogP contribution in [0.25, 0.3) is 0 Å². The second-order valence-corrected chi connectivity index (χ2v) is 13.2. The summed E-state index contributed by atoms with van der Waals surface area (Å²) in [5, 5.41) is 0. The molecule has 0 amide bonds. The minimum absolute atomic E-state index is 0.0174. The van der Waals surface area contributed by atoms with Gasteiger partial charge < -0.3 is 0 Å². The molecule has 0 saturated carbocycles. The van der Waals surface area contributed by atoms with Gasteiger partial charge in [-0.3, -0.25) is 0 Å². The number of Topliss-reactive ketones (excluding diaryl/α,β-unsaturated/α-hetero) is 1. The number of rotatable bonds is 2. The normalized spacial score (nSPS) is 29.0. The van der Waals surface area contributed by atoms with Gasteiger partial charge in [0, 0.05) is 0 Å². The molecule has 4 bridgehead atoms. The molecule has 0 radical (unpaired) electrons. The van der Waals surface area contributed by atoms with Gasteiger partial charge in [0.05, 0.1) is 0 Å². The third kappa shape index (κ3) is 7.98. The molecular weight excluding hydrogens is 523 g/mol. The Kier molecular flexibility index (Phi) is 8.96. The van der Waals surface area contributed by atoms with Crippen LogP contribution in [0.3, 0.4) is 0 Å². The maximum atomic E-state index is 12.7. The molecule has 12 heteroatoms. The fourth-order valence-electron chi connectivity index (χ4n) is 3.70. The average Bonchev–Trinajstić information content (AvgIpc) is 2.71. The first-order chi connectivity index (χ1) is 15.1. The van der Waals surface area contributed by atoms with Crippen LogP contribution in [-0.4, -0.2) is 145 Å². The predicted octanol–water partition coefficient (Wildman–Crippen LogP) is -1.54. The summed E-state index contributed by atoms with van der Waals surface area (Å²) < 4.78 is 16.0. The van der Waals surface area contributed by atoms with E-state index in [9.17, 15) is 19.2 Å². The van der Waals surface area contributed by atoms with Crippen molar-refractivity contribution in [3.63, 3.8) is 0 Å². The van der Waals surface area contributed by atoms with Gasteiger partial charge in [-0.15, -0.1) is 0 Å². The van der Waals surface area contributed by atoms with Crippen LogP contribution >= 0.6 is 0 Å². The standard InChI is InChI=1S/C20H36N4O7.In/c1-20(2,3)16(25)12-21-4-6-22(13-17(26)27)8-10-24(15-19(30)31)11-9-23(7-5-21)14-18(28)29;/h4-15H2,1-3H3,(H,26,27)(H,28,29)(H,30,31);/q;+3/p-3. The van der Waals surface area contributed by atoms with Crippen LogP contribution < -0.4 is 0 Å². The zero-order valence-corrected chi connectivity index (χ0v) is 22.5. The molecule has 0 N–H and O–H groups in total. The van der Waals surface area contributed by atoms with E-state index in [4.69, 9.17) is 8.56 Å². The molecule has 3 saturated heterocycles. The van der Waals surface area contributed by atoms with Gasteiger partial charge in [-0.1, -0.05) is 0 Å². The molecular formula is C20H33InN4O7. The second kappa shape index (κ2) is 11.3. The SMILES string of the molecule is CC(C)(C)C(=O)CN1CCN2CCN3CCN(CC1)CC(=O)[O][In]([O]C(=O)C3)[O]C(=O)C2. The van der Waals surface area contributed by atoms with E-state index < -0.39 is 46.1 Å². The zero-order valence-electron chi connectivity index (χ0n) is 19.2. The molecule has 3 fully saturated rings. The third-order valence-electron chi connectivity index (χ3n) is 5.87. The van der Waals surface area contributed by atoms with Gasteiger partial charge in [0.25, 0.3) is 0 Å². The van der Waals surface area contributed by atoms with Crippen LogP contribution in [0.2, 0.25) is 0 Å². The Morgan fingerprint density at radius 3 is 1.41 bits per heavy atom. The molecule has 3 aliphatic rings. The van der Waals surface area contributed by atoms with E-state index >= 15 is 0 Å². The molecule has 32 heavy (non-hydrogen) atoms. The van der Waals surface area contributed by atoms with Crippen LogP contribution in [0.15, 0.2) is 0 Å². The van der Waals surface area contributed by atoms with Crippen molar-refractivity contribution in [1.29, 1.82) is 0 Å². The van der Waals surface area contributed by atoms with E-state index in [0.29, 0.717) is 58.9 Å². The van der Waals surface area contributed by atoms with Crippen LogP contribution in [0, 0.1) is 5.41 Å². The molecule has 3 heterocycles. The van der Waals surface area contributed by atoms with Gasteiger partial charge >= 0.3 is 199 Å². The number of ketones is 1. The molecule has 3 aliphatic heterocycles. The summed E-state index contributed by atoms with van der Waals surface area (Å²) in [6, 6.07) is 0. The Labute approximate surface area is 198 Å². The summed E-state index contributed by atoms with van der Waals surface area (Å²) in [5.74, 6) is -1.48. The Morgan fingerprint density at radius 2 is 1.06 bits per heavy atom. The zero-order chi connectivity index (χ0) is 23.3. The molecule has 11 nitrogen and oxygen atoms in total. The number of nitrogens with zero attached hydrogens (tertiary/aromatic N) is 4. The maximum absolute atomic E-state index is 12.7. The van der Waals surface area contributed by atoms with Crippen LogP contribution in [-0.2, 0) is 27.7 Å². The summed E-state index contributed by atoms with van der Waals surface area (Å²) in [4.78, 5) is 58.1. The molecule has 0 aromatic rings. The monoisotopic (exact) mass is 556 g/mol. The molecule has 178 valence electrons. The summed E-state index contributed by atoms with van der Waals surface area (Å²) in [6.07, 6.45) is 0. The van der Waals surface area contributed by atoms with Crippen LogP contribution in [0.1, 0.15) is 20.8 Å². The van der Waals surface area contributed by atoms with E-state index in [1.165, 1.54) is 0 Å². The van der Waals surface area contributed by atoms with E-state index in [0.717, 1.165) is 0 Å². The van der Waals surface area contributed by atoms with Gasteiger partial charge in [-0.25, -0.2) is 0 Å². The van der Waals surface area contributed by atoms with Crippen molar-refractivity contribution in [3.05, 3.63) is 0 Å². The molecule has 0 spiro atoms. The Morgan fingerprint density at radius 1 is 0.719 bits per heavy atom. The molecule has 0 aromatic heterocycles. The van der Waals surface area contributed by atoms with Crippen molar-refractivity contribution in [1.82, 2.24) is 19.6 Å². The first-order valence-corrected chi connectivity index (χ1v) is 15.1.